The van der Waals surface area contributed by atoms with E-state index >= 15 is 0 Å². The Labute approximate surface area is 120 Å². The monoisotopic (exact) mass is 258 g/mol. The van der Waals surface area contributed by atoms with Crippen molar-refractivity contribution in [1.29, 1.82) is 0 Å². The molecule has 0 aromatic heterocycles. The highest BCUT2D eigenvalue weighted by Gasteiger charge is 2.21. The molecule has 0 N–H and O–H groups in total. The molecule has 1 aliphatic rings. The van der Waals surface area contributed by atoms with E-state index in [0.29, 0.717) is 0 Å². The van der Waals surface area contributed by atoms with E-state index in [9.17, 15) is 0 Å². The molecule has 0 bridgehead atoms. The summed E-state index contributed by atoms with van der Waals surface area (Å²) >= 11 is 0. The van der Waals surface area contributed by atoms with Gasteiger partial charge in [0.05, 0.1) is 0 Å². The van der Waals surface area contributed by atoms with E-state index < -0.39 is 0 Å². The van der Waals surface area contributed by atoms with Gasteiger partial charge in [0, 0.05) is 0 Å². The van der Waals surface area contributed by atoms with Crippen LogP contribution in [0.5, 0.6) is 0 Å². The standard InChI is InChI=1S/C20H18/c1-13-16-8-5-6-9-17(16)14(2)20-18(13)12-11-15-7-3-4-10-19(15)20/h3-10H,11-12H2,1-2H3. The third-order valence-corrected chi connectivity index (χ3v) is 4.80. The van der Waals surface area contributed by atoms with Crippen molar-refractivity contribution < 1.29 is 0 Å². The summed E-state index contributed by atoms with van der Waals surface area (Å²) in [6.07, 6.45) is 2.34. The van der Waals surface area contributed by atoms with Crippen molar-refractivity contribution >= 4 is 10.8 Å². The molecule has 20 heavy (non-hydrogen) atoms. The highest BCUT2D eigenvalue weighted by Crippen LogP contribution is 2.41. The van der Waals surface area contributed by atoms with Crippen LogP contribution in [0.4, 0.5) is 0 Å². The fourth-order valence-corrected chi connectivity index (χ4v) is 3.77. The number of aryl methyl sites for hydroxylation is 3. The number of benzene rings is 3. The van der Waals surface area contributed by atoms with Crippen LogP contribution in [0.1, 0.15) is 22.3 Å². The zero-order valence-corrected chi connectivity index (χ0v) is 12.0. The zero-order chi connectivity index (χ0) is 13.7. The van der Waals surface area contributed by atoms with Crippen molar-refractivity contribution in [3.63, 3.8) is 0 Å². The van der Waals surface area contributed by atoms with Crippen molar-refractivity contribution in [2.75, 3.05) is 0 Å². The summed E-state index contributed by atoms with van der Waals surface area (Å²) in [5.41, 5.74) is 8.89. The Bertz CT molecular complexity index is 825. The topological polar surface area (TPSA) is 0 Å². The first-order valence-corrected chi connectivity index (χ1v) is 7.36. The molecule has 0 unspecified atom stereocenters. The normalized spacial score (nSPS) is 13.1. The van der Waals surface area contributed by atoms with Crippen LogP contribution in [0.2, 0.25) is 0 Å². The van der Waals surface area contributed by atoms with Gasteiger partial charge in [-0.2, -0.15) is 0 Å². The van der Waals surface area contributed by atoms with Crippen LogP contribution in [0.15, 0.2) is 48.5 Å². The summed E-state index contributed by atoms with van der Waals surface area (Å²) in [5, 5.41) is 2.82. The van der Waals surface area contributed by atoms with Gasteiger partial charge in [0.1, 0.15) is 0 Å². The largest absolute Gasteiger partial charge is 0.0620 e. The molecule has 0 spiro atoms. The minimum atomic E-state index is 1.17. The van der Waals surface area contributed by atoms with Crippen molar-refractivity contribution in [1.82, 2.24) is 0 Å². The molecule has 3 aromatic carbocycles. The van der Waals surface area contributed by atoms with Gasteiger partial charge in [-0.25, -0.2) is 0 Å². The van der Waals surface area contributed by atoms with Gasteiger partial charge >= 0.3 is 0 Å². The van der Waals surface area contributed by atoms with Crippen molar-refractivity contribution in [2.24, 2.45) is 0 Å². The molecule has 0 saturated heterocycles. The second-order valence-corrected chi connectivity index (χ2v) is 5.81. The van der Waals surface area contributed by atoms with Gasteiger partial charge in [-0.1, -0.05) is 48.5 Å². The summed E-state index contributed by atoms with van der Waals surface area (Å²) in [7, 11) is 0. The average Bonchev–Trinajstić information content (AvgIpc) is 2.51. The third kappa shape index (κ3) is 1.48. The molecular formula is C20H18. The van der Waals surface area contributed by atoms with Gasteiger partial charge in [-0.15, -0.1) is 0 Å². The van der Waals surface area contributed by atoms with Crippen molar-refractivity contribution in [2.45, 2.75) is 26.7 Å². The summed E-state index contributed by atoms with van der Waals surface area (Å²) in [6.45, 7) is 4.57. The minimum Gasteiger partial charge on any atom is -0.0620 e. The van der Waals surface area contributed by atoms with Crippen molar-refractivity contribution in [3.05, 3.63) is 70.8 Å². The quantitative estimate of drug-likeness (QED) is 0.518. The lowest BCUT2D eigenvalue weighted by molar-refractivity contribution is 0.932. The maximum atomic E-state index is 2.29. The predicted molar refractivity (Wildman–Crippen MR) is 86.3 cm³/mol. The molecule has 0 atom stereocenters. The summed E-state index contributed by atoms with van der Waals surface area (Å²) in [6, 6.07) is 17.7. The Kier molecular flexibility index (Phi) is 2.47. The van der Waals surface area contributed by atoms with Crippen LogP contribution < -0.4 is 0 Å². The Morgan fingerprint density at radius 3 is 2.15 bits per heavy atom. The van der Waals surface area contributed by atoms with Gasteiger partial charge < -0.3 is 0 Å². The molecule has 0 heterocycles. The SMILES string of the molecule is Cc1c2c(c(C)c3ccccc13)-c1ccccc1CC2. The van der Waals surface area contributed by atoms with E-state index in [0.717, 1.165) is 0 Å². The molecule has 1 aliphatic carbocycles. The Balaban J connectivity index is 2.18. The average molecular weight is 258 g/mol. The van der Waals surface area contributed by atoms with E-state index in [1.54, 1.807) is 5.56 Å². The van der Waals surface area contributed by atoms with Gasteiger partial charge in [0.25, 0.3) is 0 Å². The molecule has 0 nitrogen and oxygen atoms in total. The molecule has 3 aromatic rings. The first-order chi connectivity index (χ1) is 9.77. The highest BCUT2D eigenvalue weighted by molar-refractivity contribution is 5.97. The van der Waals surface area contributed by atoms with E-state index in [4.69, 9.17) is 0 Å². The molecular weight excluding hydrogens is 240 g/mol. The van der Waals surface area contributed by atoms with E-state index in [1.165, 1.54) is 51.4 Å². The highest BCUT2D eigenvalue weighted by atomic mass is 14.2. The number of hydrogen-bond acceptors (Lipinski definition) is 0. The summed E-state index contributed by atoms with van der Waals surface area (Å²) in [5.74, 6) is 0. The second kappa shape index (κ2) is 4.21. The Morgan fingerprint density at radius 1 is 0.700 bits per heavy atom. The van der Waals surface area contributed by atoms with Crippen LogP contribution in [0.25, 0.3) is 21.9 Å². The molecule has 0 radical (unpaired) electrons. The van der Waals surface area contributed by atoms with Gasteiger partial charge in [0.15, 0.2) is 0 Å². The Morgan fingerprint density at radius 2 is 1.35 bits per heavy atom. The molecule has 0 saturated carbocycles. The van der Waals surface area contributed by atoms with Gasteiger partial charge in [-0.05, 0) is 70.8 Å². The molecule has 4 rings (SSSR count). The predicted octanol–water partition coefficient (Wildman–Crippen LogP) is 5.22. The van der Waals surface area contributed by atoms with E-state index in [2.05, 4.69) is 62.4 Å². The first kappa shape index (κ1) is 11.7. The molecule has 0 fully saturated rings. The van der Waals surface area contributed by atoms with E-state index in [-0.39, 0.29) is 0 Å². The summed E-state index contributed by atoms with van der Waals surface area (Å²) in [4.78, 5) is 0. The molecule has 0 aliphatic heterocycles. The van der Waals surface area contributed by atoms with Crippen LogP contribution in [0.3, 0.4) is 0 Å². The lowest BCUT2D eigenvalue weighted by atomic mass is 9.79. The second-order valence-electron chi connectivity index (χ2n) is 5.81. The summed E-state index contributed by atoms with van der Waals surface area (Å²) < 4.78 is 0. The fourth-order valence-electron chi connectivity index (χ4n) is 3.77. The van der Waals surface area contributed by atoms with Crippen LogP contribution >= 0.6 is 0 Å². The number of rotatable bonds is 0. The lowest BCUT2D eigenvalue weighted by Gasteiger charge is -2.25. The maximum absolute atomic E-state index is 2.29. The maximum Gasteiger partial charge on any atom is -0.0111 e. The Hall–Kier alpha value is -2.08. The van der Waals surface area contributed by atoms with Crippen LogP contribution in [-0.2, 0) is 12.8 Å². The molecule has 0 amide bonds. The number of hydrogen-bond donors (Lipinski definition) is 0. The van der Waals surface area contributed by atoms with E-state index in [1.807, 2.05) is 0 Å². The smallest absolute Gasteiger partial charge is 0.0111 e. The lowest BCUT2D eigenvalue weighted by Crippen LogP contribution is -2.08. The first-order valence-electron chi connectivity index (χ1n) is 7.36. The van der Waals surface area contributed by atoms with Crippen LogP contribution in [-0.4, -0.2) is 0 Å². The molecule has 0 heteroatoms. The van der Waals surface area contributed by atoms with Crippen LogP contribution in [0, 0.1) is 13.8 Å². The fraction of sp³-hybridized carbons (Fsp3) is 0.200. The molecule has 98 valence electrons. The number of fused-ring (bicyclic) bond motifs is 4. The van der Waals surface area contributed by atoms with Crippen molar-refractivity contribution in [3.8, 4) is 11.1 Å². The van der Waals surface area contributed by atoms with Gasteiger partial charge in [-0.3, -0.25) is 0 Å². The third-order valence-electron chi connectivity index (χ3n) is 4.80. The minimum absolute atomic E-state index is 1.17. The van der Waals surface area contributed by atoms with Gasteiger partial charge in [0.2, 0.25) is 0 Å². The zero-order valence-electron chi connectivity index (χ0n) is 12.0.